The summed E-state index contributed by atoms with van der Waals surface area (Å²) < 4.78 is 31.0. The summed E-state index contributed by atoms with van der Waals surface area (Å²) in [4.78, 5) is 0. The van der Waals surface area contributed by atoms with Crippen molar-refractivity contribution in [3.05, 3.63) is 65.2 Å². The Balaban J connectivity index is 2.18. The van der Waals surface area contributed by atoms with Crippen molar-refractivity contribution in [2.75, 3.05) is 0 Å². The molecule has 0 fully saturated rings. The van der Waals surface area contributed by atoms with E-state index in [0.717, 1.165) is 16.7 Å². The van der Waals surface area contributed by atoms with Gasteiger partial charge in [0.1, 0.15) is 5.75 Å². The van der Waals surface area contributed by atoms with Crippen LogP contribution in [-0.2, 0) is 10.3 Å². The van der Waals surface area contributed by atoms with Crippen LogP contribution in [0.3, 0.4) is 0 Å². The average molecular weight is 275 g/mol. The lowest BCUT2D eigenvalue weighted by Crippen LogP contribution is -2.37. The molecule has 4 nitrogen and oxygen atoms in total. The third kappa shape index (κ3) is 2.34. The first-order chi connectivity index (χ1) is 9.05. The molecule has 0 aromatic heterocycles. The summed E-state index contributed by atoms with van der Waals surface area (Å²) in [5, 5.41) is 0. The Hall–Kier alpha value is -1.85. The Morgan fingerprint density at radius 2 is 1.84 bits per heavy atom. The van der Waals surface area contributed by atoms with Gasteiger partial charge in [0.05, 0.1) is 6.04 Å². The third-order valence-electron chi connectivity index (χ3n) is 3.07. The molecule has 19 heavy (non-hydrogen) atoms. The number of hydrogen-bond acceptors (Lipinski definition) is 3. The topological polar surface area (TPSA) is 55.4 Å². The molecule has 2 aromatic rings. The molecular formula is C14H13NO3S. The lowest BCUT2D eigenvalue weighted by Gasteiger charge is -2.27. The second-order valence-electron chi connectivity index (χ2n) is 4.54. The highest BCUT2D eigenvalue weighted by Gasteiger charge is 2.31. The highest BCUT2D eigenvalue weighted by Crippen LogP contribution is 2.35. The van der Waals surface area contributed by atoms with Crippen molar-refractivity contribution in [1.82, 2.24) is 4.72 Å². The van der Waals surface area contributed by atoms with E-state index in [4.69, 9.17) is 4.18 Å². The van der Waals surface area contributed by atoms with Crippen LogP contribution in [0.4, 0.5) is 0 Å². The maximum absolute atomic E-state index is 11.7. The van der Waals surface area contributed by atoms with Gasteiger partial charge in [0.15, 0.2) is 0 Å². The zero-order valence-electron chi connectivity index (χ0n) is 10.3. The fraction of sp³-hybridized carbons (Fsp3) is 0.143. The molecule has 0 bridgehead atoms. The van der Waals surface area contributed by atoms with Crippen molar-refractivity contribution in [3.8, 4) is 5.75 Å². The normalized spacial score (nSPS) is 20.4. The molecule has 5 heteroatoms. The molecule has 0 saturated carbocycles. The van der Waals surface area contributed by atoms with Gasteiger partial charge < -0.3 is 4.18 Å². The van der Waals surface area contributed by atoms with E-state index in [2.05, 4.69) is 4.72 Å². The van der Waals surface area contributed by atoms with Crippen LogP contribution >= 0.6 is 0 Å². The molecule has 0 spiro atoms. The van der Waals surface area contributed by atoms with E-state index in [1.807, 2.05) is 49.4 Å². The fourth-order valence-electron chi connectivity index (χ4n) is 2.21. The predicted molar refractivity (Wildman–Crippen MR) is 72.1 cm³/mol. The molecule has 0 saturated heterocycles. The summed E-state index contributed by atoms with van der Waals surface area (Å²) in [5.41, 5.74) is 2.78. The van der Waals surface area contributed by atoms with Crippen LogP contribution in [0.5, 0.6) is 5.75 Å². The Labute approximate surface area is 112 Å². The Bertz CT molecular complexity index is 711. The first kappa shape index (κ1) is 12.2. The average Bonchev–Trinajstić information content (AvgIpc) is 2.39. The summed E-state index contributed by atoms with van der Waals surface area (Å²) in [7, 11) is -3.76. The van der Waals surface area contributed by atoms with Crippen molar-refractivity contribution < 1.29 is 12.6 Å². The zero-order chi connectivity index (χ0) is 13.5. The van der Waals surface area contributed by atoms with Crippen molar-refractivity contribution in [2.45, 2.75) is 13.0 Å². The summed E-state index contributed by atoms with van der Waals surface area (Å²) in [6, 6.07) is 14.5. The van der Waals surface area contributed by atoms with Gasteiger partial charge in [0.2, 0.25) is 0 Å². The van der Waals surface area contributed by atoms with E-state index in [9.17, 15) is 8.42 Å². The fourth-order valence-corrected chi connectivity index (χ4v) is 3.20. The molecule has 2 aromatic carbocycles. The number of benzene rings is 2. The number of rotatable bonds is 1. The van der Waals surface area contributed by atoms with E-state index < -0.39 is 16.3 Å². The molecule has 1 atom stereocenters. The molecule has 98 valence electrons. The van der Waals surface area contributed by atoms with Gasteiger partial charge in [-0.15, -0.1) is 0 Å². The quantitative estimate of drug-likeness (QED) is 0.869. The highest BCUT2D eigenvalue weighted by atomic mass is 32.2. The van der Waals surface area contributed by atoms with Crippen molar-refractivity contribution in [1.29, 1.82) is 0 Å². The molecule has 3 rings (SSSR count). The van der Waals surface area contributed by atoms with Gasteiger partial charge in [-0.05, 0) is 18.6 Å². The van der Waals surface area contributed by atoms with Crippen LogP contribution in [0.25, 0.3) is 0 Å². The van der Waals surface area contributed by atoms with Gasteiger partial charge in [-0.25, -0.2) is 0 Å². The van der Waals surface area contributed by atoms with E-state index in [1.165, 1.54) is 0 Å². The second-order valence-corrected chi connectivity index (χ2v) is 5.85. The number of aryl methyl sites for hydroxylation is 1. The van der Waals surface area contributed by atoms with Crippen LogP contribution in [0, 0.1) is 6.92 Å². The molecule has 0 amide bonds. The lowest BCUT2D eigenvalue weighted by atomic mass is 9.97. The summed E-state index contributed by atoms with van der Waals surface area (Å²) in [6.07, 6.45) is 0. The molecule has 1 aliphatic rings. The van der Waals surface area contributed by atoms with Gasteiger partial charge in [0.25, 0.3) is 0 Å². The molecule has 0 radical (unpaired) electrons. The molecular weight excluding hydrogens is 262 g/mol. The molecule has 0 unspecified atom stereocenters. The van der Waals surface area contributed by atoms with E-state index in [-0.39, 0.29) is 0 Å². The number of nitrogens with one attached hydrogen (secondary N) is 1. The molecule has 0 aliphatic carbocycles. The Kier molecular flexibility index (Phi) is 2.80. The van der Waals surface area contributed by atoms with Crippen LogP contribution in [-0.4, -0.2) is 8.42 Å². The Morgan fingerprint density at radius 3 is 2.58 bits per heavy atom. The maximum Gasteiger partial charge on any atom is 0.383 e. The first-order valence-corrected chi connectivity index (χ1v) is 7.33. The van der Waals surface area contributed by atoms with Gasteiger partial charge in [-0.3, -0.25) is 0 Å². The maximum atomic E-state index is 11.7. The number of hydrogen-bond donors (Lipinski definition) is 1. The highest BCUT2D eigenvalue weighted by molar-refractivity contribution is 7.85. The minimum Gasteiger partial charge on any atom is -0.371 e. The lowest BCUT2D eigenvalue weighted by molar-refractivity contribution is 0.441. The standard InChI is InChI=1S/C14H13NO3S/c1-10-7-8-13-12(9-10)14(15-19(16,17)18-13)11-5-3-2-4-6-11/h2-9,14-15H,1H3/t14-/m1/s1. The van der Waals surface area contributed by atoms with Gasteiger partial charge in [0, 0.05) is 5.56 Å². The van der Waals surface area contributed by atoms with E-state index in [0.29, 0.717) is 5.75 Å². The molecule has 1 aliphatic heterocycles. The minimum atomic E-state index is -3.76. The second kappa shape index (κ2) is 4.36. The van der Waals surface area contributed by atoms with Crippen LogP contribution in [0.15, 0.2) is 48.5 Å². The van der Waals surface area contributed by atoms with E-state index >= 15 is 0 Å². The minimum absolute atomic E-state index is 0.387. The van der Waals surface area contributed by atoms with E-state index in [1.54, 1.807) is 6.07 Å². The van der Waals surface area contributed by atoms with Gasteiger partial charge in [-0.2, -0.15) is 13.1 Å². The zero-order valence-corrected chi connectivity index (χ0v) is 11.1. The molecule has 1 N–H and O–H groups in total. The molecule has 1 heterocycles. The largest absolute Gasteiger partial charge is 0.383 e. The van der Waals surface area contributed by atoms with Gasteiger partial charge >= 0.3 is 10.3 Å². The number of fused-ring (bicyclic) bond motifs is 1. The Morgan fingerprint density at radius 1 is 1.11 bits per heavy atom. The van der Waals surface area contributed by atoms with Crippen molar-refractivity contribution in [2.24, 2.45) is 0 Å². The van der Waals surface area contributed by atoms with Crippen molar-refractivity contribution >= 4 is 10.3 Å². The smallest absolute Gasteiger partial charge is 0.371 e. The SMILES string of the molecule is Cc1ccc2c(c1)[C@@H](c1ccccc1)NS(=O)(=O)O2. The van der Waals surface area contributed by atoms with Crippen LogP contribution < -0.4 is 8.91 Å². The first-order valence-electron chi connectivity index (χ1n) is 5.92. The van der Waals surface area contributed by atoms with Crippen LogP contribution in [0.2, 0.25) is 0 Å². The third-order valence-corrected chi connectivity index (χ3v) is 3.99. The van der Waals surface area contributed by atoms with Crippen molar-refractivity contribution in [3.63, 3.8) is 0 Å². The summed E-state index contributed by atoms with van der Waals surface area (Å²) in [5.74, 6) is 0.387. The summed E-state index contributed by atoms with van der Waals surface area (Å²) in [6.45, 7) is 1.96. The predicted octanol–water partition coefficient (Wildman–Crippen LogP) is 2.31. The van der Waals surface area contributed by atoms with Crippen LogP contribution in [0.1, 0.15) is 22.7 Å². The van der Waals surface area contributed by atoms with Gasteiger partial charge in [-0.1, -0.05) is 48.0 Å². The monoisotopic (exact) mass is 275 g/mol. The summed E-state index contributed by atoms with van der Waals surface area (Å²) >= 11 is 0.